The van der Waals surface area contributed by atoms with E-state index in [9.17, 15) is 19.8 Å². The minimum absolute atomic E-state index is 0. The molecular formula is C65H93N2NaO9S2. The number of benzene rings is 4. The Morgan fingerprint density at radius 2 is 0.886 bits per heavy atom. The number of carbonyl (C=O) groups is 2. The van der Waals surface area contributed by atoms with E-state index in [2.05, 4.69) is 175 Å². The molecule has 2 unspecified atom stereocenters. The Hall–Kier alpha value is -4.12. The number of carboxylic acid groups (broad SMARTS) is 1. The predicted molar refractivity (Wildman–Crippen MR) is 323 cm³/mol. The fourth-order valence-electron chi connectivity index (χ4n) is 10.4. The number of hydrogen-bond donors (Lipinski definition) is 4. The summed E-state index contributed by atoms with van der Waals surface area (Å²) in [7, 11) is 1.00. The molecule has 0 aliphatic heterocycles. The molecule has 0 bridgehead atoms. The van der Waals surface area contributed by atoms with Crippen molar-refractivity contribution < 1.29 is 75.3 Å². The Kier molecular flexibility index (Phi) is 30.0. The van der Waals surface area contributed by atoms with E-state index in [1.165, 1.54) is 61.4 Å². The standard InChI is InChI=1S/C33H45NO3S.C31H41NO3S.CH4O.Na.2H2O/c1-9-33(10-2,25-14-12-24(22(4)18-25)13-17-29(35)32(6,7)8)26-15-16-28(23(5)19-26)31-34-27(21-38-31)20-30(36)37-11-3;1-8-31(9-2,23-12-10-22(20(3)16-23)11-15-27(33)30(5,6)7)24-13-14-26(21(4)17-24)29-32-25(19-36-29)18-28(34)35;1-2;;;/h12,14-16,18-19,21,29,35H,9-11,13,17,20H2,1-8H3;10,12-14,16-17,19,27,33H,8-9,11,15,18H2,1-7H3,(H,34,35);2H,1H3;;2*1H2/q;;;+1;;/p-1. The van der Waals surface area contributed by atoms with Gasteiger partial charge < -0.3 is 36.1 Å². The van der Waals surface area contributed by atoms with Crippen LogP contribution in [0.15, 0.2) is 83.6 Å². The fraction of sp³-hybridized carbons (Fsp3) is 0.508. The SMILES string of the molecule is CCC(CC)(c1ccc(CCC(O)C(C)(C)C)c(C)c1)c1ccc(-c2nc(CC(=O)O)cs2)c(C)c1.CCOC(=O)Cc1csc(-c2ccc(C(CC)(CC)c3ccc(CCC(O)C(C)(C)C)c(C)c3)cc2C)n1.CO.O.[Na+].[OH-]. The average Bonchev–Trinajstić information content (AvgIpc) is 4.05. The molecule has 0 radical (unpaired) electrons. The quantitative estimate of drug-likeness (QED) is 0.0395. The number of aromatic nitrogens is 2. The van der Waals surface area contributed by atoms with Crippen molar-refractivity contribution in [2.75, 3.05) is 13.7 Å². The summed E-state index contributed by atoms with van der Waals surface area (Å²) in [6.07, 6.45) is 6.82. The summed E-state index contributed by atoms with van der Waals surface area (Å²) in [6.45, 7) is 32.4. The summed E-state index contributed by atoms with van der Waals surface area (Å²) < 4.78 is 5.07. The molecule has 14 heteroatoms. The van der Waals surface area contributed by atoms with Crippen LogP contribution in [0, 0.1) is 38.5 Å². The Labute approximate surface area is 503 Å². The maximum absolute atomic E-state index is 11.9. The minimum Gasteiger partial charge on any atom is -0.870 e. The summed E-state index contributed by atoms with van der Waals surface area (Å²) in [4.78, 5) is 32.2. The molecule has 0 saturated carbocycles. The molecule has 2 aromatic heterocycles. The molecule has 0 fully saturated rings. The van der Waals surface area contributed by atoms with E-state index < -0.39 is 5.97 Å². The maximum atomic E-state index is 11.9. The first-order valence-corrected chi connectivity index (χ1v) is 29.1. The minimum atomic E-state index is -0.860. The fourth-order valence-corrected chi connectivity index (χ4v) is 12.2. The van der Waals surface area contributed by atoms with E-state index in [0.29, 0.717) is 12.3 Å². The Morgan fingerprint density at radius 1 is 0.557 bits per heavy atom. The van der Waals surface area contributed by atoms with Crippen molar-refractivity contribution in [3.05, 3.63) is 151 Å². The van der Waals surface area contributed by atoms with Crippen molar-refractivity contribution in [2.24, 2.45) is 10.8 Å². The van der Waals surface area contributed by atoms with Gasteiger partial charge in [-0.25, -0.2) is 9.97 Å². The molecule has 4 aromatic carbocycles. The van der Waals surface area contributed by atoms with E-state index in [1.807, 2.05) is 17.7 Å². The van der Waals surface area contributed by atoms with Crippen LogP contribution in [0.4, 0.5) is 0 Å². The summed E-state index contributed by atoms with van der Waals surface area (Å²) in [5.41, 5.74) is 16.0. The zero-order valence-electron chi connectivity index (χ0n) is 50.7. The molecule has 11 nitrogen and oxygen atoms in total. The van der Waals surface area contributed by atoms with Crippen LogP contribution in [0.5, 0.6) is 0 Å². The third-order valence-corrected chi connectivity index (χ3v) is 17.5. The number of nitrogens with zero attached hydrogens (tertiary/aromatic N) is 2. The number of esters is 1. The first-order valence-electron chi connectivity index (χ1n) is 27.4. The number of ether oxygens (including phenoxy) is 1. The summed E-state index contributed by atoms with van der Waals surface area (Å²) in [6, 6.07) is 27.2. The average molecular weight is 1130 g/mol. The van der Waals surface area contributed by atoms with Crippen molar-refractivity contribution in [3.8, 4) is 21.1 Å². The first kappa shape index (κ1) is 72.9. The van der Waals surface area contributed by atoms with Crippen molar-refractivity contribution in [3.63, 3.8) is 0 Å². The number of hydrogen-bond acceptors (Lipinski definition) is 11. The van der Waals surface area contributed by atoms with Gasteiger partial charge >= 0.3 is 41.5 Å². The van der Waals surface area contributed by atoms with Gasteiger partial charge in [-0.2, -0.15) is 0 Å². The van der Waals surface area contributed by atoms with Crippen LogP contribution in [0.25, 0.3) is 21.1 Å². The molecule has 6 aromatic rings. The van der Waals surface area contributed by atoms with E-state index in [4.69, 9.17) is 19.9 Å². The number of aliphatic hydroxyl groups excluding tert-OH is 3. The number of rotatable bonds is 21. The van der Waals surface area contributed by atoms with Gasteiger partial charge in [0.25, 0.3) is 0 Å². The molecular weight excluding hydrogens is 1040 g/mol. The third kappa shape index (κ3) is 18.7. The van der Waals surface area contributed by atoms with Crippen LogP contribution < -0.4 is 29.6 Å². The molecule has 2 heterocycles. The first-order chi connectivity index (χ1) is 35.9. The van der Waals surface area contributed by atoms with Crippen LogP contribution >= 0.6 is 22.7 Å². The van der Waals surface area contributed by atoms with Crippen LogP contribution in [-0.4, -0.2) is 79.2 Å². The molecule has 6 rings (SSSR count). The smallest absolute Gasteiger partial charge is 0.870 e. The van der Waals surface area contributed by atoms with E-state index in [-0.39, 0.29) is 93.2 Å². The van der Waals surface area contributed by atoms with Crippen LogP contribution in [0.1, 0.15) is 182 Å². The summed E-state index contributed by atoms with van der Waals surface area (Å²) in [5.74, 6) is -1.10. The van der Waals surface area contributed by atoms with Gasteiger partial charge in [-0.1, -0.05) is 142 Å². The van der Waals surface area contributed by atoms with Crippen LogP contribution in [-0.2, 0) is 50.8 Å². The van der Waals surface area contributed by atoms with Crippen molar-refractivity contribution in [1.82, 2.24) is 9.97 Å². The number of carbonyl (C=O) groups excluding carboxylic acids is 1. The normalized spacial score (nSPS) is 12.3. The van der Waals surface area contributed by atoms with Gasteiger partial charge in [0.2, 0.25) is 0 Å². The second kappa shape index (κ2) is 32.5. The molecule has 430 valence electrons. The zero-order valence-corrected chi connectivity index (χ0v) is 54.3. The van der Waals surface area contributed by atoms with Crippen LogP contribution in [0.3, 0.4) is 0 Å². The number of aliphatic carboxylic acids is 1. The van der Waals surface area contributed by atoms with Crippen molar-refractivity contribution in [1.29, 1.82) is 0 Å². The van der Waals surface area contributed by atoms with Crippen molar-refractivity contribution >= 4 is 34.6 Å². The number of aryl methyl sites for hydroxylation is 6. The number of carboxylic acids is 1. The van der Waals surface area contributed by atoms with Gasteiger partial charge in [-0.3, -0.25) is 9.59 Å². The van der Waals surface area contributed by atoms with Crippen LogP contribution in [0.2, 0.25) is 0 Å². The molecule has 0 saturated heterocycles. The van der Waals surface area contributed by atoms with E-state index >= 15 is 0 Å². The van der Waals surface area contributed by atoms with Gasteiger partial charge in [0.05, 0.1) is 43.0 Å². The molecule has 0 aliphatic carbocycles. The topological polar surface area (TPSA) is 212 Å². The maximum Gasteiger partial charge on any atom is 1.00 e. The second-order valence-corrected chi connectivity index (χ2v) is 24.3. The molecule has 0 spiro atoms. The third-order valence-electron chi connectivity index (χ3n) is 15.7. The summed E-state index contributed by atoms with van der Waals surface area (Å²) in [5, 5.41) is 42.7. The van der Waals surface area contributed by atoms with Gasteiger partial charge in [0.15, 0.2) is 0 Å². The molecule has 0 aliphatic rings. The zero-order chi connectivity index (χ0) is 56.8. The molecule has 2 atom stereocenters. The van der Waals surface area contributed by atoms with Gasteiger partial charge in [-0.15, -0.1) is 22.7 Å². The summed E-state index contributed by atoms with van der Waals surface area (Å²) >= 11 is 3.07. The van der Waals surface area contributed by atoms with E-state index in [0.717, 1.165) is 90.9 Å². The van der Waals surface area contributed by atoms with Crippen molar-refractivity contribution in [2.45, 2.75) is 191 Å². The Bertz CT molecular complexity index is 2830. The Balaban J connectivity index is 0.000000740. The predicted octanol–water partition coefficient (Wildman–Crippen LogP) is 11.1. The van der Waals surface area contributed by atoms with E-state index in [1.54, 1.807) is 11.3 Å². The van der Waals surface area contributed by atoms with Gasteiger partial charge in [0, 0.05) is 39.8 Å². The molecule has 7 N–H and O–H groups in total. The second-order valence-electron chi connectivity index (χ2n) is 22.6. The monoisotopic (exact) mass is 1130 g/mol. The Morgan fingerprint density at radius 3 is 1.18 bits per heavy atom. The number of aliphatic hydroxyl groups is 3. The molecule has 0 amide bonds. The largest absolute Gasteiger partial charge is 1.00 e. The van der Waals surface area contributed by atoms with Gasteiger partial charge in [-0.05, 0) is 152 Å². The molecule has 79 heavy (non-hydrogen) atoms. The number of thiazole rings is 2. The van der Waals surface area contributed by atoms with Gasteiger partial charge in [0.1, 0.15) is 10.0 Å².